The summed E-state index contributed by atoms with van der Waals surface area (Å²) in [5.41, 5.74) is 0.756. The average molecular weight is 190 g/mol. The summed E-state index contributed by atoms with van der Waals surface area (Å²) < 4.78 is 0. The molecule has 0 aliphatic heterocycles. The molecule has 11 heavy (non-hydrogen) atoms. The number of hydrogen-bond acceptors (Lipinski definition) is 2. The minimum Gasteiger partial charge on any atom is -0.255 e. The van der Waals surface area contributed by atoms with Gasteiger partial charge in [-0.3, -0.25) is 4.98 Å². The van der Waals surface area contributed by atoms with Crippen LogP contribution in [0.2, 0.25) is 10.3 Å². The lowest BCUT2D eigenvalue weighted by Gasteiger charge is -1.98. The molecule has 0 saturated carbocycles. The molecule has 0 fully saturated rings. The van der Waals surface area contributed by atoms with Crippen molar-refractivity contribution in [1.29, 1.82) is 0 Å². The minimum atomic E-state index is 0.322. The molecule has 0 aliphatic carbocycles. The molecule has 1 aromatic heterocycles. The van der Waals surface area contributed by atoms with Crippen molar-refractivity contribution in [2.24, 2.45) is 0 Å². The second-order valence-electron chi connectivity index (χ2n) is 2.03. The predicted octanol–water partition coefficient (Wildman–Crippen LogP) is 2.55. The highest BCUT2D eigenvalue weighted by molar-refractivity contribution is 6.32. The van der Waals surface area contributed by atoms with Crippen molar-refractivity contribution in [2.45, 2.75) is 12.8 Å². The molecule has 4 heteroatoms. The van der Waals surface area contributed by atoms with E-state index in [-0.39, 0.29) is 0 Å². The van der Waals surface area contributed by atoms with Gasteiger partial charge in [0.05, 0.1) is 11.9 Å². The van der Waals surface area contributed by atoms with Crippen LogP contribution in [0.3, 0.4) is 0 Å². The van der Waals surface area contributed by atoms with E-state index in [2.05, 4.69) is 16.9 Å². The van der Waals surface area contributed by atoms with Crippen molar-refractivity contribution in [3.63, 3.8) is 0 Å². The van der Waals surface area contributed by atoms with E-state index >= 15 is 0 Å². The van der Waals surface area contributed by atoms with E-state index in [9.17, 15) is 0 Å². The lowest BCUT2D eigenvalue weighted by atomic mass is 10.3. The Balaban J connectivity index is 2.90. The van der Waals surface area contributed by atoms with Gasteiger partial charge in [-0.1, -0.05) is 30.1 Å². The van der Waals surface area contributed by atoms with E-state index in [4.69, 9.17) is 23.2 Å². The normalized spacial score (nSPS) is 10.1. The first-order valence-electron chi connectivity index (χ1n) is 3.20. The standard InChI is InChI=1S/C7H7Cl2N2/c1-2-3-5-7(9)11-6(8)4-10-5/h4H,1-3H2. The van der Waals surface area contributed by atoms with Gasteiger partial charge in [-0.2, -0.15) is 0 Å². The molecular formula is C7H7Cl2N2. The smallest absolute Gasteiger partial charge is 0.152 e. The topological polar surface area (TPSA) is 25.8 Å². The third kappa shape index (κ3) is 2.31. The van der Waals surface area contributed by atoms with Gasteiger partial charge in [-0.15, -0.1) is 0 Å². The maximum Gasteiger partial charge on any atom is 0.152 e. The number of aromatic nitrogens is 2. The fourth-order valence-electron chi connectivity index (χ4n) is 0.707. The van der Waals surface area contributed by atoms with Gasteiger partial charge in [0.1, 0.15) is 5.15 Å². The Labute approximate surface area is 75.6 Å². The third-order valence-electron chi connectivity index (χ3n) is 1.18. The second kappa shape index (κ2) is 3.88. The van der Waals surface area contributed by atoms with Gasteiger partial charge in [0, 0.05) is 0 Å². The first-order valence-corrected chi connectivity index (χ1v) is 3.96. The molecule has 1 radical (unpaired) electrons. The highest BCUT2D eigenvalue weighted by Crippen LogP contribution is 2.14. The molecule has 0 unspecified atom stereocenters. The Morgan fingerprint density at radius 3 is 2.73 bits per heavy atom. The molecule has 59 valence electrons. The quantitative estimate of drug-likeness (QED) is 0.716. The molecule has 1 heterocycles. The van der Waals surface area contributed by atoms with E-state index in [0.717, 1.165) is 18.5 Å². The maximum atomic E-state index is 5.72. The van der Waals surface area contributed by atoms with E-state index in [1.807, 2.05) is 0 Å². The lowest BCUT2D eigenvalue weighted by Crippen LogP contribution is -1.92. The number of halogens is 2. The van der Waals surface area contributed by atoms with E-state index < -0.39 is 0 Å². The largest absolute Gasteiger partial charge is 0.255 e. The summed E-state index contributed by atoms with van der Waals surface area (Å²) in [7, 11) is 0. The van der Waals surface area contributed by atoms with Gasteiger partial charge in [0.15, 0.2) is 5.15 Å². The summed E-state index contributed by atoms with van der Waals surface area (Å²) in [4.78, 5) is 7.83. The summed E-state index contributed by atoms with van der Waals surface area (Å²) in [5.74, 6) is 0. The molecular weight excluding hydrogens is 183 g/mol. The lowest BCUT2D eigenvalue weighted by molar-refractivity contribution is 0.923. The van der Waals surface area contributed by atoms with Crippen LogP contribution >= 0.6 is 23.2 Å². The predicted molar refractivity (Wildman–Crippen MR) is 45.7 cm³/mol. The van der Waals surface area contributed by atoms with Crippen molar-refractivity contribution < 1.29 is 0 Å². The molecule has 0 aliphatic rings. The Kier molecular flexibility index (Phi) is 3.09. The second-order valence-corrected chi connectivity index (χ2v) is 2.78. The summed E-state index contributed by atoms with van der Waals surface area (Å²) in [6.07, 6.45) is 2.98. The van der Waals surface area contributed by atoms with Gasteiger partial charge < -0.3 is 0 Å². The van der Waals surface area contributed by atoms with E-state index in [1.165, 1.54) is 6.20 Å². The van der Waals surface area contributed by atoms with Crippen LogP contribution in [0.1, 0.15) is 12.1 Å². The average Bonchev–Trinajstić information content (AvgIpc) is 1.95. The fraction of sp³-hybridized carbons (Fsp3) is 0.286. The molecule has 0 atom stereocenters. The molecule has 0 N–H and O–H groups in total. The minimum absolute atomic E-state index is 0.322. The van der Waals surface area contributed by atoms with Crippen LogP contribution in [0.5, 0.6) is 0 Å². The van der Waals surface area contributed by atoms with E-state index in [1.54, 1.807) is 0 Å². The van der Waals surface area contributed by atoms with Crippen LogP contribution in [-0.2, 0) is 6.42 Å². The first-order chi connectivity index (χ1) is 5.24. The van der Waals surface area contributed by atoms with Crippen LogP contribution in [-0.4, -0.2) is 9.97 Å². The Morgan fingerprint density at radius 2 is 2.18 bits per heavy atom. The van der Waals surface area contributed by atoms with Gasteiger partial charge in [0.25, 0.3) is 0 Å². The van der Waals surface area contributed by atoms with Crippen molar-refractivity contribution >= 4 is 23.2 Å². The number of nitrogens with zero attached hydrogens (tertiary/aromatic N) is 2. The number of rotatable bonds is 2. The zero-order valence-electron chi connectivity index (χ0n) is 5.85. The van der Waals surface area contributed by atoms with Crippen molar-refractivity contribution in [1.82, 2.24) is 9.97 Å². The SMILES string of the molecule is [CH2]CCc1ncc(Cl)nc1Cl. The van der Waals surface area contributed by atoms with Crippen LogP contribution in [0.25, 0.3) is 0 Å². The molecule has 2 nitrogen and oxygen atoms in total. The maximum absolute atomic E-state index is 5.72. The molecule has 0 saturated heterocycles. The van der Waals surface area contributed by atoms with Crippen LogP contribution in [0.15, 0.2) is 6.20 Å². The summed E-state index contributed by atoms with van der Waals surface area (Å²) >= 11 is 11.3. The molecule has 0 aromatic carbocycles. The number of aryl methyl sites for hydroxylation is 1. The Hall–Kier alpha value is -0.340. The van der Waals surface area contributed by atoms with E-state index in [0.29, 0.717) is 10.3 Å². The monoisotopic (exact) mass is 189 g/mol. The molecule has 0 spiro atoms. The van der Waals surface area contributed by atoms with Crippen molar-refractivity contribution in [3.8, 4) is 0 Å². The van der Waals surface area contributed by atoms with Gasteiger partial charge in [0.2, 0.25) is 0 Å². The van der Waals surface area contributed by atoms with Crippen LogP contribution in [0, 0.1) is 6.92 Å². The zero-order chi connectivity index (χ0) is 8.27. The molecule has 0 amide bonds. The fourth-order valence-corrected chi connectivity index (χ4v) is 1.12. The zero-order valence-corrected chi connectivity index (χ0v) is 7.36. The number of hydrogen-bond donors (Lipinski definition) is 0. The Morgan fingerprint density at radius 1 is 1.45 bits per heavy atom. The highest BCUT2D eigenvalue weighted by atomic mass is 35.5. The third-order valence-corrected chi connectivity index (χ3v) is 1.67. The van der Waals surface area contributed by atoms with Gasteiger partial charge >= 0.3 is 0 Å². The summed E-state index contributed by atoms with van der Waals surface area (Å²) in [6.45, 7) is 3.69. The summed E-state index contributed by atoms with van der Waals surface area (Å²) in [6, 6.07) is 0. The van der Waals surface area contributed by atoms with Gasteiger partial charge in [-0.25, -0.2) is 4.98 Å². The van der Waals surface area contributed by atoms with Crippen LogP contribution < -0.4 is 0 Å². The first kappa shape index (κ1) is 8.75. The molecule has 1 aromatic rings. The summed E-state index contributed by atoms with van der Waals surface area (Å²) in [5, 5.41) is 0.698. The highest BCUT2D eigenvalue weighted by Gasteiger charge is 2.01. The molecule has 0 bridgehead atoms. The van der Waals surface area contributed by atoms with Gasteiger partial charge in [-0.05, 0) is 12.8 Å². The van der Waals surface area contributed by atoms with Crippen molar-refractivity contribution in [3.05, 3.63) is 29.1 Å². The van der Waals surface area contributed by atoms with Crippen molar-refractivity contribution in [2.75, 3.05) is 0 Å². The molecule has 1 rings (SSSR count). The van der Waals surface area contributed by atoms with Crippen LogP contribution in [0.4, 0.5) is 0 Å². The Bertz CT molecular complexity index is 250.